The van der Waals surface area contributed by atoms with Crippen LogP contribution < -0.4 is 5.73 Å². The van der Waals surface area contributed by atoms with Crippen molar-refractivity contribution < 1.29 is 0 Å². The molecule has 0 aromatic carbocycles. The maximum Gasteiger partial charge on any atom is 0.00104 e. The van der Waals surface area contributed by atoms with Gasteiger partial charge < -0.3 is 5.73 Å². The van der Waals surface area contributed by atoms with Gasteiger partial charge in [0.1, 0.15) is 0 Å². The van der Waals surface area contributed by atoms with Crippen molar-refractivity contribution in [1.29, 1.82) is 0 Å². The number of rotatable bonds is 5. The summed E-state index contributed by atoms with van der Waals surface area (Å²) in [4.78, 5) is 0. The molecule has 0 heterocycles. The molecule has 16 heavy (non-hydrogen) atoms. The average Bonchev–Trinajstić information content (AvgIpc) is 2.11. The standard InChI is InChI=1S/C8H19N.C4H8.C3H8/c1-3-4-5-6-7-8(2)9;1-2-4-3-1;1-3-2/h8H,3-7,9H2,1-2H3;1-4H2;3H2,1-2H3. The van der Waals surface area contributed by atoms with Crippen LogP contribution in [0, 0.1) is 0 Å². The van der Waals surface area contributed by atoms with E-state index in [2.05, 4.69) is 27.7 Å². The van der Waals surface area contributed by atoms with Crippen molar-refractivity contribution in [3.8, 4) is 0 Å². The minimum Gasteiger partial charge on any atom is -0.328 e. The number of hydrogen-bond donors (Lipinski definition) is 1. The maximum absolute atomic E-state index is 5.57. The van der Waals surface area contributed by atoms with Gasteiger partial charge in [0, 0.05) is 6.04 Å². The summed E-state index contributed by atoms with van der Waals surface area (Å²) in [5.41, 5.74) is 5.57. The van der Waals surface area contributed by atoms with Crippen LogP contribution in [0.15, 0.2) is 0 Å². The first-order valence-electron chi connectivity index (χ1n) is 7.44. The second kappa shape index (κ2) is 17.4. The van der Waals surface area contributed by atoms with E-state index in [1.165, 1.54) is 64.2 Å². The van der Waals surface area contributed by atoms with Crippen molar-refractivity contribution >= 4 is 0 Å². The van der Waals surface area contributed by atoms with Crippen molar-refractivity contribution in [3.05, 3.63) is 0 Å². The Balaban J connectivity index is 0. The first-order chi connectivity index (χ1) is 7.68. The first-order valence-corrected chi connectivity index (χ1v) is 7.44. The fraction of sp³-hybridized carbons (Fsp3) is 1.00. The lowest BCUT2D eigenvalue weighted by Gasteiger charge is -2.05. The fourth-order valence-corrected chi connectivity index (χ4v) is 1.14. The molecule has 0 aromatic heterocycles. The summed E-state index contributed by atoms with van der Waals surface area (Å²) in [6, 6.07) is 0.404. The molecular formula is C15H35N. The molecule has 1 rings (SSSR count). The second-order valence-corrected chi connectivity index (χ2v) is 4.95. The highest BCUT2D eigenvalue weighted by molar-refractivity contribution is 4.52. The quantitative estimate of drug-likeness (QED) is 0.638. The Morgan fingerprint density at radius 1 is 0.875 bits per heavy atom. The molecule has 1 nitrogen and oxygen atoms in total. The van der Waals surface area contributed by atoms with E-state index < -0.39 is 0 Å². The molecule has 0 bridgehead atoms. The highest BCUT2D eigenvalue weighted by Crippen LogP contribution is 2.15. The van der Waals surface area contributed by atoms with Gasteiger partial charge in [0.15, 0.2) is 0 Å². The Morgan fingerprint density at radius 3 is 1.56 bits per heavy atom. The predicted molar refractivity (Wildman–Crippen MR) is 76.8 cm³/mol. The molecule has 0 amide bonds. The molecule has 0 radical (unpaired) electrons. The van der Waals surface area contributed by atoms with E-state index in [0.29, 0.717) is 6.04 Å². The lowest BCUT2D eigenvalue weighted by molar-refractivity contribution is 0.504. The molecule has 0 aromatic rings. The van der Waals surface area contributed by atoms with Crippen LogP contribution in [0.5, 0.6) is 0 Å². The summed E-state index contributed by atoms with van der Waals surface area (Å²) < 4.78 is 0. The van der Waals surface area contributed by atoms with E-state index in [1.807, 2.05) is 0 Å². The Morgan fingerprint density at radius 2 is 1.31 bits per heavy atom. The largest absolute Gasteiger partial charge is 0.328 e. The van der Waals surface area contributed by atoms with E-state index in [1.54, 1.807) is 0 Å². The maximum atomic E-state index is 5.57. The predicted octanol–water partition coefficient (Wildman–Crippen LogP) is 5.28. The molecule has 1 aliphatic carbocycles. The van der Waals surface area contributed by atoms with Crippen LogP contribution in [0.25, 0.3) is 0 Å². The van der Waals surface area contributed by atoms with E-state index >= 15 is 0 Å². The van der Waals surface area contributed by atoms with Gasteiger partial charge in [-0.25, -0.2) is 0 Å². The minimum atomic E-state index is 0.404. The monoisotopic (exact) mass is 229 g/mol. The van der Waals surface area contributed by atoms with Crippen LogP contribution in [-0.4, -0.2) is 6.04 Å². The van der Waals surface area contributed by atoms with Crippen LogP contribution in [-0.2, 0) is 0 Å². The zero-order chi connectivity index (χ0) is 12.6. The van der Waals surface area contributed by atoms with E-state index in [4.69, 9.17) is 5.73 Å². The highest BCUT2D eigenvalue weighted by atomic mass is 14.6. The van der Waals surface area contributed by atoms with Crippen molar-refractivity contribution in [1.82, 2.24) is 0 Å². The molecule has 1 aliphatic rings. The smallest absolute Gasteiger partial charge is 0.00104 e. The van der Waals surface area contributed by atoms with Gasteiger partial charge in [0.25, 0.3) is 0 Å². The molecule has 2 N–H and O–H groups in total. The van der Waals surface area contributed by atoms with Gasteiger partial charge in [-0.05, 0) is 13.3 Å². The zero-order valence-corrected chi connectivity index (χ0v) is 12.2. The van der Waals surface area contributed by atoms with Crippen molar-refractivity contribution in [2.45, 2.75) is 97.9 Å². The molecule has 1 unspecified atom stereocenters. The molecule has 0 saturated heterocycles. The van der Waals surface area contributed by atoms with E-state index in [0.717, 1.165) is 0 Å². The summed E-state index contributed by atoms with van der Waals surface area (Å²) in [5.74, 6) is 0. The van der Waals surface area contributed by atoms with Crippen molar-refractivity contribution in [3.63, 3.8) is 0 Å². The lowest BCUT2D eigenvalue weighted by Crippen LogP contribution is -2.13. The third kappa shape index (κ3) is 23.6. The minimum absolute atomic E-state index is 0.404. The summed E-state index contributed by atoms with van der Waals surface area (Å²) >= 11 is 0. The van der Waals surface area contributed by atoms with Crippen molar-refractivity contribution in [2.24, 2.45) is 5.73 Å². The summed E-state index contributed by atoms with van der Waals surface area (Å²) in [6.07, 6.45) is 13.8. The van der Waals surface area contributed by atoms with E-state index in [9.17, 15) is 0 Å². The average molecular weight is 229 g/mol. The molecule has 1 atom stereocenters. The normalized spacial score (nSPS) is 14.8. The third-order valence-corrected chi connectivity index (χ3v) is 2.51. The Kier molecular flexibility index (Phi) is 19.9. The first kappa shape index (κ1) is 18.3. The van der Waals surface area contributed by atoms with E-state index in [-0.39, 0.29) is 0 Å². The Bertz CT molecular complexity index is 91.6. The molecule has 1 heteroatoms. The van der Waals surface area contributed by atoms with Crippen LogP contribution in [0.2, 0.25) is 0 Å². The number of hydrogen-bond acceptors (Lipinski definition) is 1. The topological polar surface area (TPSA) is 26.0 Å². The van der Waals surface area contributed by atoms with Gasteiger partial charge in [-0.3, -0.25) is 0 Å². The molecule has 1 saturated carbocycles. The Labute approximate surface area is 104 Å². The van der Waals surface area contributed by atoms with Crippen LogP contribution >= 0.6 is 0 Å². The highest BCUT2D eigenvalue weighted by Gasteiger charge is 1.95. The van der Waals surface area contributed by atoms with Gasteiger partial charge in [0.05, 0.1) is 0 Å². The molecular weight excluding hydrogens is 194 g/mol. The van der Waals surface area contributed by atoms with Crippen LogP contribution in [0.3, 0.4) is 0 Å². The van der Waals surface area contributed by atoms with Gasteiger partial charge >= 0.3 is 0 Å². The van der Waals surface area contributed by atoms with Crippen LogP contribution in [0.4, 0.5) is 0 Å². The van der Waals surface area contributed by atoms with Crippen LogP contribution in [0.1, 0.15) is 91.9 Å². The van der Waals surface area contributed by atoms with Crippen molar-refractivity contribution in [2.75, 3.05) is 0 Å². The van der Waals surface area contributed by atoms with Gasteiger partial charge in [-0.2, -0.15) is 0 Å². The number of unbranched alkanes of at least 4 members (excludes halogenated alkanes) is 3. The molecule has 1 fully saturated rings. The second-order valence-electron chi connectivity index (χ2n) is 4.95. The SMILES string of the molecule is C1CCC1.CCC.CCCCCCC(C)N. The summed E-state index contributed by atoms with van der Waals surface area (Å²) in [6.45, 7) is 8.55. The zero-order valence-electron chi connectivity index (χ0n) is 12.2. The van der Waals surface area contributed by atoms with Gasteiger partial charge in [-0.1, -0.05) is 78.6 Å². The molecule has 0 spiro atoms. The molecule has 0 aliphatic heterocycles. The summed E-state index contributed by atoms with van der Waals surface area (Å²) in [7, 11) is 0. The number of nitrogens with two attached hydrogens (primary N) is 1. The third-order valence-electron chi connectivity index (χ3n) is 2.51. The van der Waals surface area contributed by atoms with Gasteiger partial charge in [0.2, 0.25) is 0 Å². The fourth-order valence-electron chi connectivity index (χ4n) is 1.14. The Hall–Kier alpha value is -0.0400. The summed E-state index contributed by atoms with van der Waals surface area (Å²) in [5, 5.41) is 0. The lowest BCUT2D eigenvalue weighted by atomic mass is 10.0. The molecule has 100 valence electrons. The van der Waals surface area contributed by atoms with Gasteiger partial charge in [-0.15, -0.1) is 0 Å².